The highest BCUT2D eigenvalue weighted by Crippen LogP contribution is 2.01. The molecule has 0 aliphatic carbocycles. The SMILES string of the molecule is CCCCOC(C)C(O)OCC. The van der Waals surface area contributed by atoms with Crippen molar-refractivity contribution < 1.29 is 14.6 Å². The van der Waals surface area contributed by atoms with Gasteiger partial charge in [-0.15, -0.1) is 0 Å². The number of hydrogen-bond acceptors (Lipinski definition) is 3. The first-order valence-electron chi connectivity index (χ1n) is 4.63. The van der Waals surface area contributed by atoms with Gasteiger partial charge in [-0.2, -0.15) is 0 Å². The van der Waals surface area contributed by atoms with Gasteiger partial charge in [-0.3, -0.25) is 0 Å². The summed E-state index contributed by atoms with van der Waals surface area (Å²) in [4.78, 5) is 0. The Bertz CT molecular complexity index is 95.8. The van der Waals surface area contributed by atoms with E-state index < -0.39 is 6.29 Å². The Balaban J connectivity index is 3.35. The van der Waals surface area contributed by atoms with Crippen molar-refractivity contribution in [1.82, 2.24) is 0 Å². The highest BCUT2D eigenvalue weighted by atomic mass is 16.6. The third-order valence-corrected chi connectivity index (χ3v) is 1.62. The van der Waals surface area contributed by atoms with Crippen LogP contribution in [0.15, 0.2) is 0 Å². The van der Waals surface area contributed by atoms with E-state index in [2.05, 4.69) is 6.92 Å². The molecule has 3 heteroatoms. The fourth-order valence-corrected chi connectivity index (χ4v) is 0.802. The molecule has 2 atom stereocenters. The maximum absolute atomic E-state index is 9.27. The predicted molar refractivity (Wildman–Crippen MR) is 48.0 cm³/mol. The largest absolute Gasteiger partial charge is 0.373 e. The summed E-state index contributed by atoms with van der Waals surface area (Å²) in [6.45, 7) is 6.98. The average Bonchev–Trinajstić information content (AvgIpc) is 2.05. The summed E-state index contributed by atoms with van der Waals surface area (Å²) in [5.41, 5.74) is 0. The molecule has 0 aromatic rings. The first kappa shape index (κ1) is 11.9. The molecule has 0 aromatic heterocycles. The molecular formula is C9H20O3. The van der Waals surface area contributed by atoms with Gasteiger partial charge in [0, 0.05) is 13.2 Å². The zero-order chi connectivity index (χ0) is 9.40. The Hall–Kier alpha value is -0.120. The molecule has 12 heavy (non-hydrogen) atoms. The van der Waals surface area contributed by atoms with E-state index in [1.54, 1.807) is 0 Å². The van der Waals surface area contributed by atoms with Crippen molar-refractivity contribution in [2.24, 2.45) is 0 Å². The lowest BCUT2D eigenvalue weighted by atomic mass is 10.3. The van der Waals surface area contributed by atoms with Crippen LogP contribution in [0.3, 0.4) is 0 Å². The van der Waals surface area contributed by atoms with E-state index in [9.17, 15) is 5.11 Å². The molecule has 0 rings (SSSR count). The van der Waals surface area contributed by atoms with E-state index in [1.165, 1.54) is 0 Å². The van der Waals surface area contributed by atoms with Gasteiger partial charge in [-0.25, -0.2) is 0 Å². The molecule has 0 bridgehead atoms. The summed E-state index contributed by atoms with van der Waals surface area (Å²) >= 11 is 0. The molecule has 0 spiro atoms. The Labute approximate surface area is 74.7 Å². The number of hydrogen-bond donors (Lipinski definition) is 1. The van der Waals surface area contributed by atoms with Crippen LogP contribution in [-0.4, -0.2) is 30.7 Å². The maximum atomic E-state index is 9.27. The summed E-state index contributed by atoms with van der Waals surface area (Å²) < 4.78 is 10.3. The summed E-state index contributed by atoms with van der Waals surface area (Å²) in [5.74, 6) is 0. The third-order valence-electron chi connectivity index (χ3n) is 1.62. The Kier molecular flexibility index (Phi) is 7.45. The van der Waals surface area contributed by atoms with E-state index in [0.29, 0.717) is 13.2 Å². The second-order valence-electron chi connectivity index (χ2n) is 2.78. The van der Waals surface area contributed by atoms with Gasteiger partial charge in [0.1, 0.15) is 6.10 Å². The molecule has 0 amide bonds. The minimum Gasteiger partial charge on any atom is -0.373 e. The smallest absolute Gasteiger partial charge is 0.180 e. The topological polar surface area (TPSA) is 38.7 Å². The standard InChI is InChI=1S/C9H20O3/c1-4-6-7-12-8(3)9(10)11-5-2/h8-10H,4-7H2,1-3H3. The third kappa shape index (κ3) is 5.52. The van der Waals surface area contributed by atoms with Crippen molar-refractivity contribution in [2.45, 2.75) is 46.0 Å². The number of aliphatic hydroxyl groups excluding tert-OH is 1. The van der Waals surface area contributed by atoms with E-state index in [1.807, 2.05) is 13.8 Å². The average molecular weight is 176 g/mol. The van der Waals surface area contributed by atoms with Crippen molar-refractivity contribution >= 4 is 0 Å². The van der Waals surface area contributed by atoms with Gasteiger partial charge < -0.3 is 14.6 Å². The normalized spacial score (nSPS) is 16.0. The van der Waals surface area contributed by atoms with Gasteiger partial charge in [-0.05, 0) is 20.3 Å². The van der Waals surface area contributed by atoms with Crippen molar-refractivity contribution in [3.05, 3.63) is 0 Å². The van der Waals surface area contributed by atoms with E-state index in [4.69, 9.17) is 9.47 Å². The van der Waals surface area contributed by atoms with Crippen molar-refractivity contribution in [3.63, 3.8) is 0 Å². The molecular weight excluding hydrogens is 156 g/mol. The zero-order valence-electron chi connectivity index (χ0n) is 8.25. The molecule has 0 saturated carbocycles. The summed E-state index contributed by atoms with van der Waals surface area (Å²) in [6, 6.07) is 0. The monoisotopic (exact) mass is 176 g/mol. The molecule has 2 unspecified atom stereocenters. The molecule has 0 aliphatic heterocycles. The Morgan fingerprint density at radius 3 is 2.42 bits per heavy atom. The van der Waals surface area contributed by atoms with Crippen LogP contribution in [0.4, 0.5) is 0 Å². The van der Waals surface area contributed by atoms with Crippen LogP contribution >= 0.6 is 0 Å². The van der Waals surface area contributed by atoms with Gasteiger partial charge in [0.05, 0.1) is 0 Å². The molecule has 0 radical (unpaired) electrons. The van der Waals surface area contributed by atoms with Gasteiger partial charge in [-0.1, -0.05) is 13.3 Å². The van der Waals surface area contributed by atoms with Crippen LogP contribution in [0.1, 0.15) is 33.6 Å². The quantitative estimate of drug-likeness (QED) is 0.472. The van der Waals surface area contributed by atoms with Crippen molar-refractivity contribution in [2.75, 3.05) is 13.2 Å². The first-order chi connectivity index (χ1) is 5.72. The van der Waals surface area contributed by atoms with E-state index in [-0.39, 0.29) is 6.10 Å². The van der Waals surface area contributed by atoms with Crippen LogP contribution in [0, 0.1) is 0 Å². The molecule has 74 valence electrons. The number of aliphatic hydroxyl groups is 1. The second-order valence-corrected chi connectivity index (χ2v) is 2.78. The summed E-state index contributed by atoms with van der Waals surface area (Å²) in [5, 5.41) is 9.27. The highest BCUT2D eigenvalue weighted by Gasteiger charge is 2.13. The van der Waals surface area contributed by atoms with Crippen molar-refractivity contribution in [1.29, 1.82) is 0 Å². The number of unbranched alkanes of at least 4 members (excludes halogenated alkanes) is 1. The lowest BCUT2D eigenvalue weighted by molar-refractivity contribution is -0.170. The molecule has 1 N–H and O–H groups in total. The van der Waals surface area contributed by atoms with Crippen LogP contribution < -0.4 is 0 Å². The number of ether oxygens (including phenoxy) is 2. The van der Waals surface area contributed by atoms with Gasteiger partial charge in [0.25, 0.3) is 0 Å². The van der Waals surface area contributed by atoms with Crippen molar-refractivity contribution in [3.8, 4) is 0 Å². The Morgan fingerprint density at radius 1 is 1.25 bits per heavy atom. The maximum Gasteiger partial charge on any atom is 0.180 e. The molecule has 0 heterocycles. The Morgan fingerprint density at radius 2 is 1.92 bits per heavy atom. The van der Waals surface area contributed by atoms with Crippen LogP contribution in [-0.2, 0) is 9.47 Å². The van der Waals surface area contributed by atoms with E-state index in [0.717, 1.165) is 12.8 Å². The molecule has 0 fully saturated rings. The highest BCUT2D eigenvalue weighted by molar-refractivity contribution is 4.52. The second kappa shape index (κ2) is 7.53. The van der Waals surface area contributed by atoms with Gasteiger partial charge in [0.15, 0.2) is 6.29 Å². The molecule has 3 nitrogen and oxygen atoms in total. The predicted octanol–water partition coefficient (Wildman–Crippen LogP) is 1.55. The zero-order valence-corrected chi connectivity index (χ0v) is 8.25. The molecule has 0 aliphatic rings. The van der Waals surface area contributed by atoms with Crippen LogP contribution in [0.5, 0.6) is 0 Å². The first-order valence-corrected chi connectivity index (χ1v) is 4.63. The van der Waals surface area contributed by atoms with Gasteiger partial charge in [0.2, 0.25) is 0 Å². The lowest BCUT2D eigenvalue weighted by Crippen LogP contribution is -2.29. The number of rotatable bonds is 7. The van der Waals surface area contributed by atoms with Crippen LogP contribution in [0.25, 0.3) is 0 Å². The minimum atomic E-state index is -0.785. The lowest BCUT2D eigenvalue weighted by Gasteiger charge is -2.18. The minimum absolute atomic E-state index is 0.225. The van der Waals surface area contributed by atoms with Crippen LogP contribution in [0.2, 0.25) is 0 Å². The fraction of sp³-hybridized carbons (Fsp3) is 1.00. The molecule has 0 aromatic carbocycles. The fourth-order valence-electron chi connectivity index (χ4n) is 0.802. The van der Waals surface area contributed by atoms with E-state index >= 15 is 0 Å². The summed E-state index contributed by atoms with van der Waals surface area (Å²) in [7, 11) is 0. The van der Waals surface area contributed by atoms with Gasteiger partial charge >= 0.3 is 0 Å². The summed E-state index contributed by atoms with van der Waals surface area (Å²) in [6.07, 6.45) is 1.13. The molecule has 0 saturated heterocycles.